The van der Waals surface area contributed by atoms with Gasteiger partial charge in [-0.25, -0.2) is 0 Å². The maximum atomic E-state index is 12.8. The number of nitrogens with zero attached hydrogens (tertiary/aromatic N) is 2. The minimum Gasteiger partial charge on any atom is -0.487 e. The molecule has 8 heteroatoms. The van der Waals surface area contributed by atoms with Crippen molar-refractivity contribution in [2.45, 2.75) is 0 Å². The van der Waals surface area contributed by atoms with Crippen molar-refractivity contribution in [2.75, 3.05) is 11.5 Å². The summed E-state index contributed by atoms with van der Waals surface area (Å²) >= 11 is 18.8. The highest BCUT2D eigenvalue weighted by Gasteiger charge is 2.33. The maximum Gasteiger partial charge on any atom is 0.270 e. The van der Waals surface area contributed by atoms with Crippen LogP contribution in [0.4, 0.5) is 5.69 Å². The third-order valence-corrected chi connectivity index (χ3v) is 5.58. The first-order valence-electron chi connectivity index (χ1n) is 7.53. The van der Waals surface area contributed by atoms with E-state index >= 15 is 0 Å². The predicted octanol–water partition coefficient (Wildman–Crippen LogP) is 5.11. The highest BCUT2D eigenvalue weighted by molar-refractivity contribution is 8.27. The first-order chi connectivity index (χ1) is 12.5. The molecule has 4 nitrogen and oxygen atoms in total. The van der Waals surface area contributed by atoms with Crippen LogP contribution in [0.15, 0.2) is 53.2 Å². The van der Waals surface area contributed by atoms with Crippen LogP contribution in [0, 0.1) is 0 Å². The molecular formula is C18H10Cl2N2O2S2. The summed E-state index contributed by atoms with van der Waals surface area (Å²) < 4.78 is 6.20. The number of carbonyl (C=O) groups is 1. The lowest BCUT2D eigenvalue weighted by Crippen LogP contribution is -2.27. The molecule has 0 aliphatic carbocycles. The maximum absolute atomic E-state index is 12.8. The molecule has 3 heterocycles. The van der Waals surface area contributed by atoms with Gasteiger partial charge < -0.3 is 4.74 Å². The highest BCUT2D eigenvalue weighted by Crippen LogP contribution is 2.39. The minimum absolute atomic E-state index is 0.177. The van der Waals surface area contributed by atoms with Gasteiger partial charge in [0, 0.05) is 16.8 Å². The van der Waals surface area contributed by atoms with Crippen molar-refractivity contribution in [2.24, 2.45) is 0 Å². The predicted molar refractivity (Wildman–Crippen MR) is 110 cm³/mol. The van der Waals surface area contributed by atoms with E-state index in [1.165, 1.54) is 16.7 Å². The average molecular weight is 421 g/mol. The lowest BCUT2D eigenvalue weighted by Gasteiger charge is -2.18. The fourth-order valence-electron chi connectivity index (χ4n) is 2.66. The number of fused-ring (bicyclic) bond motifs is 1. The summed E-state index contributed by atoms with van der Waals surface area (Å²) in [7, 11) is 0. The standard InChI is InChI=1S/C18H10Cl2N2O2S2/c19-12-6-11-4-10(9-24-16(11)14(20)7-12)5-15-17(23)22(18(25)26-15)13-2-1-3-21-8-13/h1-8H,9H2/b15-5-. The lowest BCUT2D eigenvalue weighted by molar-refractivity contribution is -0.113. The number of pyridine rings is 1. The molecule has 2 aliphatic heterocycles. The second-order valence-electron chi connectivity index (χ2n) is 5.54. The number of aromatic nitrogens is 1. The molecule has 1 saturated heterocycles. The van der Waals surface area contributed by atoms with Crippen LogP contribution in [-0.2, 0) is 4.79 Å². The molecule has 0 N–H and O–H groups in total. The van der Waals surface area contributed by atoms with E-state index in [9.17, 15) is 4.79 Å². The van der Waals surface area contributed by atoms with Crippen molar-refractivity contribution in [3.8, 4) is 5.75 Å². The van der Waals surface area contributed by atoms with Gasteiger partial charge in [0.25, 0.3) is 5.91 Å². The monoisotopic (exact) mass is 420 g/mol. The van der Waals surface area contributed by atoms with Gasteiger partial charge >= 0.3 is 0 Å². The fourth-order valence-corrected chi connectivity index (χ4v) is 4.54. The number of benzene rings is 1. The molecule has 0 bridgehead atoms. The van der Waals surface area contributed by atoms with Gasteiger partial charge in [-0.05, 0) is 42.0 Å². The average Bonchev–Trinajstić information content (AvgIpc) is 2.88. The summed E-state index contributed by atoms with van der Waals surface area (Å²) in [6.45, 7) is 0.311. The zero-order valence-electron chi connectivity index (χ0n) is 13.1. The molecular weight excluding hydrogens is 411 g/mol. The van der Waals surface area contributed by atoms with Crippen molar-refractivity contribution in [3.05, 3.63) is 68.8 Å². The van der Waals surface area contributed by atoms with Crippen molar-refractivity contribution in [1.29, 1.82) is 0 Å². The Kier molecular flexibility index (Phi) is 4.75. The summed E-state index contributed by atoms with van der Waals surface area (Å²) in [5.41, 5.74) is 2.27. The number of thioether (sulfide) groups is 1. The van der Waals surface area contributed by atoms with Crippen LogP contribution in [0.25, 0.3) is 6.08 Å². The Morgan fingerprint density at radius 1 is 1.35 bits per heavy atom. The third kappa shape index (κ3) is 3.25. The second-order valence-corrected chi connectivity index (χ2v) is 8.06. The number of thiocarbonyl (C=S) groups is 1. The molecule has 1 amide bonds. The molecule has 2 aliphatic rings. The Balaban J connectivity index is 1.66. The van der Waals surface area contributed by atoms with Crippen LogP contribution in [0.3, 0.4) is 0 Å². The molecule has 0 spiro atoms. The summed E-state index contributed by atoms with van der Waals surface area (Å²) in [6, 6.07) is 6.97. The van der Waals surface area contributed by atoms with Gasteiger partial charge in [-0.1, -0.05) is 47.2 Å². The molecule has 0 radical (unpaired) electrons. The van der Waals surface area contributed by atoms with Crippen molar-refractivity contribution in [1.82, 2.24) is 4.98 Å². The van der Waals surface area contributed by atoms with Crippen molar-refractivity contribution < 1.29 is 9.53 Å². The van der Waals surface area contributed by atoms with Crippen molar-refractivity contribution >= 4 is 69.2 Å². The van der Waals surface area contributed by atoms with Gasteiger partial charge in [0.15, 0.2) is 4.32 Å². The number of rotatable bonds is 2. The number of hydrogen-bond donors (Lipinski definition) is 0. The highest BCUT2D eigenvalue weighted by atomic mass is 35.5. The van der Waals surface area contributed by atoms with E-state index in [4.69, 9.17) is 40.2 Å². The first-order valence-corrected chi connectivity index (χ1v) is 9.51. The largest absolute Gasteiger partial charge is 0.487 e. The molecule has 0 atom stereocenters. The normalized spacial score (nSPS) is 18.0. The molecule has 1 aromatic carbocycles. The SMILES string of the molecule is O=C1/C(=C/C2=Cc3cc(Cl)cc(Cl)c3OC2)SC(=S)N1c1cccnc1. The van der Waals surface area contributed by atoms with Crippen LogP contribution in [0.2, 0.25) is 10.0 Å². The molecule has 2 aromatic rings. The Hall–Kier alpha value is -1.86. The molecule has 0 unspecified atom stereocenters. The quantitative estimate of drug-likeness (QED) is 0.498. The number of hydrogen-bond acceptors (Lipinski definition) is 5. The molecule has 4 rings (SSSR count). The van der Waals surface area contributed by atoms with Crippen LogP contribution in [-0.4, -0.2) is 21.8 Å². The van der Waals surface area contributed by atoms with E-state index in [0.717, 1.165) is 11.1 Å². The van der Waals surface area contributed by atoms with E-state index in [0.29, 0.717) is 37.3 Å². The molecule has 1 aromatic heterocycles. The molecule has 26 heavy (non-hydrogen) atoms. The van der Waals surface area contributed by atoms with Crippen LogP contribution < -0.4 is 9.64 Å². The van der Waals surface area contributed by atoms with E-state index in [2.05, 4.69) is 4.98 Å². The smallest absolute Gasteiger partial charge is 0.270 e. The van der Waals surface area contributed by atoms with Gasteiger partial charge in [0.05, 0.1) is 21.8 Å². The van der Waals surface area contributed by atoms with Gasteiger partial charge in [0.1, 0.15) is 12.4 Å². The van der Waals surface area contributed by atoms with Gasteiger partial charge in [-0.3, -0.25) is 14.7 Å². The summed E-state index contributed by atoms with van der Waals surface area (Å²) in [4.78, 5) is 18.8. The number of halogens is 2. The van der Waals surface area contributed by atoms with Gasteiger partial charge in [-0.2, -0.15) is 0 Å². The van der Waals surface area contributed by atoms with Gasteiger partial charge in [-0.15, -0.1) is 0 Å². The number of carbonyl (C=O) groups excluding carboxylic acids is 1. The zero-order chi connectivity index (χ0) is 18.3. The van der Waals surface area contributed by atoms with E-state index in [-0.39, 0.29) is 5.91 Å². The third-order valence-electron chi connectivity index (χ3n) is 3.78. The van der Waals surface area contributed by atoms with Crippen LogP contribution >= 0.6 is 47.2 Å². The zero-order valence-corrected chi connectivity index (χ0v) is 16.3. The topological polar surface area (TPSA) is 42.4 Å². The number of amides is 1. The van der Waals surface area contributed by atoms with Crippen molar-refractivity contribution in [3.63, 3.8) is 0 Å². The molecule has 1 fully saturated rings. The van der Waals surface area contributed by atoms with E-state index in [1.54, 1.807) is 42.7 Å². The summed E-state index contributed by atoms with van der Waals surface area (Å²) in [5, 5.41) is 0.989. The Bertz CT molecular complexity index is 990. The first kappa shape index (κ1) is 17.5. The van der Waals surface area contributed by atoms with E-state index < -0.39 is 0 Å². The number of ether oxygens (including phenoxy) is 1. The minimum atomic E-state index is -0.177. The second kappa shape index (κ2) is 7.04. The summed E-state index contributed by atoms with van der Waals surface area (Å²) in [6.07, 6.45) is 6.95. The number of anilines is 1. The Morgan fingerprint density at radius 2 is 2.19 bits per heavy atom. The lowest BCUT2D eigenvalue weighted by atomic mass is 10.1. The summed E-state index contributed by atoms with van der Waals surface area (Å²) in [5.74, 6) is 0.417. The van der Waals surface area contributed by atoms with Gasteiger partial charge in [0.2, 0.25) is 0 Å². The van der Waals surface area contributed by atoms with Crippen LogP contribution in [0.5, 0.6) is 5.75 Å². The Labute approximate surface area is 169 Å². The molecule has 0 saturated carbocycles. The Morgan fingerprint density at radius 3 is 2.96 bits per heavy atom. The fraction of sp³-hybridized carbons (Fsp3) is 0.0556. The molecule has 130 valence electrons. The van der Waals surface area contributed by atoms with E-state index in [1.807, 2.05) is 6.08 Å². The van der Waals surface area contributed by atoms with Crippen LogP contribution in [0.1, 0.15) is 5.56 Å².